The highest BCUT2D eigenvalue weighted by atomic mass is 16.5. The SMILES string of the molecule is COc1ccc(CN=C(NCC(=O)N(C)C)NCC2CC(=O)N(C3CC3)C2)cc1. The Morgan fingerprint density at radius 1 is 1.24 bits per heavy atom. The summed E-state index contributed by atoms with van der Waals surface area (Å²) >= 11 is 0. The van der Waals surface area contributed by atoms with Crippen molar-refractivity contribution in [2.75, 3.05) is 40.8 Å². The molecule has 1 saturated heterocycles. The number of hydrogen-bond acceptors (Lipinski definition) is 4. The number of carbonyl (C=O) groups is 2. The Morgan fingerprint density at radius 2 is 1.97 bits per heavy atom. The minimum Gasteiger partial charge on any atom is -0.497 e. The van der Waals surface area contributed by atoms with Gasteiger partial charge in [-0.25, -0.2) is 4.99 Å². The number of aliphatic imine (C=N–C) groups is 1. The highest BCUT2D eigenvalue weighted by Crippen LogP contribution is 2.32. The maximum absolute atomic E-state index is 12.2. The average molecular weight is 402 g/mol. The van der Waals surface area contributed by atoms with Gasteiger partial charge in [0.15, 0.2) is 5.96 Å². The zero-order valence-corrected chi connectivity index (χ0v) is 17.5. The van der Waals surface area contributed by atoms with Crippen molar-refractivity contribution in [2.45, 2.75) is 31.8 Å². The summed E-state index contributed by atoms with van der Waals surface area (Å²) in [4.78, 5) is 32.3. The topological polar surface area (TPSA) is 86.3 Å². The molecule has 0 bridgehead atoms. The number of nitrogens with zero attached hydrogens (tertiary/aromatic N) is 3. The van der Waals surface area contributed by atoms with Crippen LogP contribution in [0.25, 0.3) is 0 Å². The largest absolute Gasteiger partial charge is 0.497 e. The molecule has 1 aliphatic heterocycles. The van der Waals surface area contributed by atoms with E-state index in [-0.39, 0.29) is 24.3 Å². The van der Waals surface area contributed by atoms with Crippen molar-refractivity contribution >= 4 is 17.8 Å². The van der Waals surface area contributed by atoms with Crippen LogP contribution < -0.4 is 15.4 Å². The summed E-state index contributed by atoms with van der Waals surface area (Å²) in [6.07, 6.45) is 2.84. The zero-order valence-electron chi connectivity index (χ0n) is 17.5. The van der Waals surface area contributed by atoms with Gasteiger partial charge in [-0.3, -0.25) is 9.59 Å². The van der Waals surface area contributed by atoms with Crippen LogP contribution in [0.3, 0.4) is 0 Å². The molecule has 8 heteroatoms. The molecule has 0 radical (unpaired) electrons. The van der Waals surface area contributed by atoms with E-state index in [1.807, 2.05) is 29.2 Å². The van der Waals surface area contributed by atoms with Gasteiger partial charge in [0.2, 0.25) is 11.8 Å². The van der Waals surface area contributed by atoms with Gasteiger partial charge in [-0.05, 0) is 30.5 Å². The summed E-state index contributed by atoms with van der Waals surface area (Å²) in [7, 11) is 5.09. The molecule has 2 fully saturated rings. The maximum Gasteiger partial charge on any atom is 0.241 e. The summed E-state index contributed by atoms with van der Waals surface area (Å²) in [5, 5.41) is 6.41. The smallest absolute Gasteiger partial charge is 0.241 e. The monoisotopic (exact) mass is 401 g/mol. The molecule has 1 unspecified atom stereocenters. The fraction of sp³-hybridized carbons (Fsp3) is 0.571. The standard InChI is InChI=1S/C21H31N5O3/c1-25(2)20(28)13-24-21(22-11-15-4-8-18(29-3)9-5-15)23-12-16-10-19(27)26(14-16)17-6-7-17/h4-5,8-9,16-17H,6-7,10-14H2,1-3H3,(H2,22,23,24). The van der Waals surface area contributed by atoms with Crippen LogP contribution in [0.15, 0.2) is 29.3 Å². The van der Waals surface area contributed by atoms with Crippen molar-refractivity contribution in [3.8, 4) is 5.75 Å². The second-order valence-electron chi connectivity index (χ2n) is 7.88. The third-order valence-corrected chi connectivity index (χ3v) is 5.27. The van der Waals surface area contributed by atoms with Crippen molar-refractivity contribution in [3.63, 3.8) is 0 Å². The highest BCUT2D eigenvalue weighted by molar-refractivity contribution is 5.86. The molecular weight excluding hydrogens is 370 g/mol. The third kappa shape index (κ3) is 6.10. The number of likely N-dealkylation sites (N-methyl/N-ethyl adjacent to an activating group) is 1. The van der Waals surface area contributed by atoms with Gasteiger partial charge in [0.25, 0.3) is 0 Å². The number of rotatable bonds is 8. The van der Waals surface area contributed by atoms with Crippen LogP contribution in [0, 0.1) is 5.92 Å². The molecule has 1 aromatic rings. The summed E-state index contributed by atoms with van der Waals surface area (Å²) in [5.41, 5.74) is 1.04. The Balaban J connectivity index is 1.57. The average Bonchev–Trinajstić information content (AvgIpc) is 3.49. The Morgan fingerprint density at radius 3 is 2.59 bits per heavy atom. The van der Waals surface area contributed by atoms with Gasteiger partial charge >= 0.3 is 0 Å². The van der Waals surface area contributed by atoms with E-state index in [0.29, 0.717) is 31.5 Å². The Kier molecular flexibility index (Phi) is 6.95. The first-order valence-electron chi connectivity index (χ1n) is 10.1. The first kappa shape index (κ1) is 21.0. The van der Waals surface area contributed by atoms with Crippen LogP contribution in [-0.4, -0.2) is 74.5 Å². The summed E-state index contributed by atoms with van der Waals surface area (Å²) in [6.45, 7) is 2.10. The normalized spacial score (nSPS) is 19.3. The number of carbonyl (C=O) groups excluding carboxylic acids is 2. The number of benzene rings is 1. The van der Waals surface area contributed by atoms with Crippen molar-refractivity contribution < 1.29 is 14.3 Å². The molecule has 1 aliphatic carbocycles. The fourth-order valence-corrected chi connectivity index (χ4v) is 3.32. The molecule has 29 heavy (non-hydrogen) atoms. The number of nitrogens with one attached hydrogen (secondary N) is 2. The Hall–Kier alpha value is -2.77. The first-order chi connectivity index (χ1) is 14.0. The minimum atomic E-state index is -0.0279. The molecule has 1 atom stereocenters. The lowest BCUT2D eigenvalue weighted by atomic mass is 10.1. The molecule has 158 valence electrons. The van der Waals surface area contributed by atoms with Crippen molar-refractivity contribution in [1.29, 1.82) is 0 Å². The second-order valence-corrected chi connectivity index (χ2v) is 7.88. The molecule has 2 aliphatic rings. The molecule has 0 spiro atoms. The molecule has 2 amide bonds. The molecule has 3 rings (SSSR count). The first-order valence-corrected chi connectivity index (χ1v) is 10.1. The number of hydrogen-bond donors (Lipinski definition) is 2. The van der Waals surface area contributed by atoms with Gasteiger partial charge in [-0.1, -0.05) is 12.1 Å². The van der Waals surface area contributed by atoms with E-state index in [1.54, 1.807) is 21.2 Å². The van der Waals surface area contributed by atoms with Crippen molar-refractivity contribution in [1.82, 2.24) is 20.4 Å². The van der Waals surface area contributed by atoms with E-state index in [2.05, 4.69) is 15.6 Å². The number of amides is 2. The second kappa shape index (κ2) is 9.62. The van der Waals surface area contributed by atoms with Gasteiger partial charge in [-0.15, -0.1) is 0 Å². The van der Waals surface area contributed by atoms with Crippen LogP contribution in [0.1, 0.15) is 24.8 Å². The predicted molar refractivity (Wildman–Crippen MR) is 112 cm³/mol. The Bertz CT molecular complexity index is 743. The van der Waals surface area contributed by atoms with Gasteiger partial charge in [0.1, 0.15) is 5.75 Å². The number of likely N-dealkylation sites (tertiary alicyclic amines) is 1. The number of methoxy groups -OCH3 is 1. The van der Waals surface area contributed by atoms with E-state index >= 15 is 0 Å². The lowest BCUT2D eigenvalue weighted by molar-refractivity contribution is -0.128. The van der Waals surface area contributed by atoms with Crippen LogP contribution >= 0.6 is 0 Å². The van der Waals surface area contributed by atoms with Crippen LogP contribution in [0.4, 0.5) is 0 Å². The zero-order chi connectivity index (χ0) is 20.8. The fourth-order valence-electron chi connectivity index (χ4n) is 3.32. The van der Waals surface area contributed by atoms with Crippen molar-refractivity contribution in [3.05, 3.63) is 29.8 Å². The van der Waals surface area contributed by atoms with Crippen LogP contribution in [0.2, 0.25) is 0 Å². The summed E-state index contributed by atoms with van der Waals surface area (Å²) in [5.74, 6) is 1.87. The van der Waals surface area contributed by atoms with E-state index in [0.717, 1.165) is 30.7 Å². The highest BCUT2D eigenvalue weighted by Gasteiger charge is 2.39. The van der Waals surface area contributed by atoms with Gasteiger partial charge in [0, 0.05) is 45.6 Å². The molecule has 1 heterocycles. The van der Waals surface area contributed by atoms with E-state index in [9.17, 15) is 9.59 Å². The molecule has 0 aromatic heterocycles. The molecule has 1 saturated carbocycles. The predicted octanol–water partition coefficient (Wildman–Crippen LogP) is 0.830. The molecular formula is C21H31N5O3. The van der Waals surface area contributed by atoms with Crippen LogP contribution in [0.5, 0.6) is 5.75 Å². The lowest BCUT2D eigenvalue weighted by Gasteiger charge is -2.18. The minimum absolute atomic E-state index is 0.0279. The third-order valence-electron chi connectivity index (χ3n) is 5.27. The van der Waals surface area contributed by atoms with E-state index < -0.39 is 0 Å². The van der Waals surface area contributed by atoms with Crippen molar-refractivity contribution in [2.24, 2.45) is 10.9 Å². The summed E-state index contributed by atoms with van der Waals surface area (Å²) < 4.78 is 5.18. The van der Waals surface area contributed by atoms with Gasteiger partial charge < -0.3 is 25.2 Å². The number of ether oxygens (including phenoxy) is 1. The van der Waals surface area contributed by atoms with E-state index in [4.69, 9.17) is 4.74 Å². The lowest BCUT2D eigenvalue weighted by Crippen LogP contribution is -2.44. The van der Waals surface area contributed by atoms with Crippen LogP contribution in [-0.2, 0) is 16.1 Å². The maximum atomic E-state index is 12.2. The molecule has 2 N–H and O–H groups in total. The Labute approximate surface area is 172 Å². The quantitative estimate of drug-likeness (QED) is 0.498. The molecule has 1 aromatic carbocycles. The summed E-state index contributed by atoms with van der Waals surface area (Å²) in [6, 6.07) is 8.20. The van der Waals surface area contributed by atoms with E-state index in [1.165, 1.54) is 4.90 Å². The van der Waals surface area contributed by atoms with Gasteiger partial charge in [-0.2, -0.15) is 0 Å². The molecule has 8 nitrogen and oxygen atoms in total. The number of guanidine groups is 1. The van der Waals surface area contributed by atoms with Gasteiger partial charge in [0.05, 0.1) is 20.2 Å².